The van der Waals surface area contributed by atoms with Crippen molar-refractivity contribution in [2.24, 2.45) is 5.73 Å². The molecule has 0 aliphatic carbocycles. The summed E-state index contributed by atoms with van der Waals surface area (Å²) in [4.78, 5) is 0. The van der Waals surface area contributed by atoms with Crippen LogP contribution in [-0.4, -0.2) is 36.1 Å². The van der Waals surface area contributed by atoms with Gasteiger partial charge < -0.3 is 24.7 Å². The number of hydrogen-bond donors (Lipinski definition) is 1. The fourth-order valence-electron chi connectivity index (χ4n) is 2.23. The molecule has 23 heavy (non-hydrogen) atoms. The number of hydrogen-bond acceptors (Lipinski definition) is 7. The van der Waals surface area contributed by atoms with Crippen molar-refractivity contribution in [1.29, 1.82) is 0 Å². The first kappa shape index (κ1) is 16.9. The van der Waals surface area contributed by atoms with E-state index in [2.05, 4.69) is 10.2 Å². The van der Waals surface area contributed by atoms with Gasteiger partial charge in [0.05, 0.1) is 27.4 Å². The quantitative estimate of drug-likeness (QED) is 0.834. The zero-order valence-electron chi connectivity index (χ0n) is 14.0. The second-order valence-corrected chi connectivity index (χ2v) is 4.84. The van der Waals surface area contributed by atoms with Crippen molar-refractivity contribution in [1.82, 2.24) is 14.8 Å². The molecular weight excluding hydrogens is 300 g/mol. The van der Waals surface area contributed by atoms with Crippen molar-refractivity contribution in [3.8, 4) is 29.0 Å². The van der Waals surface area contributed by atoms with Crippen molar-refractivity contribution in [2.45, 2.75) is 26.4 Å². The van der Waals surface area contributed by atoms with Gasteiger partial charge >= 0.3 is 6.01 Å². The predicted molar refractivity (Wildman–Crippen MR) is 84.5 cm³/mol. The predicted octanol–water partition coefficient (Wildman–Crippen LogP) is 2.14. The monoisotopic (exact) mass is 322 g/mol. The summed E-state index contributed by atoms with van der Waals surface area (Å²) in [6.07, 6.45) is 0. The van der Waals surface area contributed by atoms with Crippen molar-refractivity contribution in [2.75, 3.05) is 21.3 Å². The number of benzene rings is 1. The SMILES string of the molecule is CCn1c(Oc2cc(OC)c(OC)c(OC)c2)nnc1[C@@H](C)N. The van der Waals surface area contributed by atoms with Crippen LogP contribution in [-0.2, 0) is 6.54 Å². The Balaban J connectivity index is 2.41. The average molecular weight is 322 g/mol. The van der Waals surface area contributed by atoms with Gasteiger partial charge in [0.2, 0.25) is 5.75 Å². The molecule has 1 atom stereocenters. The standard InChI is InChI=1S/C15H22N4O4/c1-6-19-14(9(2)16)17-18-15(19)23-10-7-11(20-3)13(22-5)12(8-10)21-4/h7-9H,6,16H2,1-5H3/t9-/m1/s1. The van der Waals surface area contributed by atoms with Gasteiger partial charge in [-0.05, 0) is 13.8 Å². The minimum atomic E-state index is -0.236. The lowest BCUT2D eigenvalue weighted by Crippen LogP contribution is -2.13. The van der Waals surface area contributed by atoms with E-state index in [1.165, 1.54) is 0 Å². The van der Waals surface area contributed by atoms with Gasteiger partial charge in [-0.2, -0.15) is 0 Å². The van der Waals surface area contributed by atoms with Crippen molar-refractivity contribution >= 4 is 0 Å². The molecule has 8 heteroatoms. The molecule has 1 aromatic heterocycles. The molecule has 0 saturated heterocycles. The number of nitrogens with zero attached hydrogens (tertiary/aromatic N) is 3. The van der Waals surface area contributed by atoms with E-state index >= 15 is 0 Å². The Morgan fingerprint density at radius 1 is 1.09 bits per heavy atom. The molecule has 0 aliphatic heterocycles. The molecule has 0 bridgehead atoms. The van der Waals surface area contributed by atoms with Crippen LogP contribution in [0.3, 0.4) is 0 Å². The van der Waals surface area contributed by atoms with E-state index in [4.69, 9.17) is 24.7 Å². The van der Waals surface area contributed by atoms with Gasteiger partial charge in [-0.25, -0.2) is 0 Å². The molecule has 2 aromatic rings. The molecule has 0 radical (unpaired) electrons. The molecule has 1 heterocycles. The Kier molecular flexibility index (Phi) is 5.28. The van der Waals surface area contributed by atoms with Gasteiger partial charge in [-0.3, -0.25) is 4.57 Å². The average Bonchev–Trinajstić information content (AvgIpc) is 2.96. The first-order valence-electron chi connectivity index (χ1n) is 7.22. The molecule has 8 nitrogen and oxygen atoms in total. The summed E-state index contributed by atoms with van der Waals surface area (Å²) in [5.74, 6) is 2.65. The van der Waals surface area contributed by atoms with Crippen LogP contribution < -0.4 is 24.7 Å². The van der Waals surface area contributed by atoms with Crippen LogP contribution in [0.1, 0.15) is 25.7 Å². The lowest BCUT2D eigenvalue weighted by molar-refractivity contribution is 0.319. The van der Waals surface area contributed by atoms with E-state index < -0.39 is 0 Å². The highest BCUT2D eigenvalue weighted by Crippen LogP contribution is 2.41. The smallest absolute Gasteiger partial charge is 0.322 e. The number of nitrogens with two attached hydrogens (primary N) is 1. The Bertz CT molecular complexity index is 644. The fourth-order valence-corrected chi connectivity index (χ4v) is 2.23. The molecule has 0 aliphatic rings. The summed E-state index contributed by atoms with van der Waals surface area (Å²) in [7, 11) is 4.64. The van der Waals surface area contributed by atoms with Crippen LogP contribution in [0.5, 0.6) is 29.0 Å². The van der Waals surface area contributed by atoms with Crippen LogP contribution >= 0.6 is 0 Å². The number of rotatable bonds is 7. The Labute approximate surface area is 135 Å². The van der Waals surface area contributed by atoms with Gasteiger partial charge in [0.25, 0.3) is 0 Å². The minimum Gasteiger partial charge on any atom is -0.493 e. The maximum Gasteiger partial charge on any atom is 0.322 e. The van der Waals surface area contributed by atoms with E-state index in [1.54, 1.807) is 33.5 Å². The molecule has 0 unspecified atom stereocenters. The van der Waals surface area contributed by atoms with Crippen LogP contribution in [0.15, 0.2) is 12.1 Å². The summed E-state index contributed by atoms with van der Waals surface area (Å²) < 4.78 is 23.6. The largest absolute Gasteiger partial charge is 0.493 e. The molecule has 0 amide bonds. The van der Waals surface area contributed by atoms with Gasteiger partial charge in [0.1, 0.15) is 5.75 Å². The van der Waals surface area contributed by atoms with Gasteiger partial charge in [0.15, 0.2) is 17.3 Å². The molecule has 2 N–H and O–H groups in total. The van der Waals surface area contributed by atoms with Crippen molar-refractivity contribution in [3.05, 3.63) is 18.0 Å². The second kappa shape index (κ2) is 7.19. The Hall–Kier alpha value is -2.48. The second-order valence-electron chi connectivity index (χ2n) is 4.84. The maximum atomic E-state index is 5.89. The van der Waals surface area contributed by atoms with E-state index in [1.807, 2.05) is 18.4 Å². The minimum absolute atomic E-state index is 0.236. The van der Waals surface area contributed by atoms with Gasteiger partial charge in [-0.15, -0.1) is 5.10 Å². The molecule has 0 saturated carbocycles. The van der Waals surface area contributed by atoms with E-state index in [0.717, 1.165) is 0 Å². The van der Waals surface area contributed by atoms with Crippen LogP contribution in [0, 0.1) is 0 Å². The van der Waals surface area contributed by atoms with Crippen molar-refractivity contribution < 1.29 is 18.9 Å². The third-order valence-corrected chi connectivity index (χ3v) is 3.32. The number of methoxy groups -OCH3 is 3. The third-order valence-electron chi connectivity index (χ3n) is 3.32. The highest BCUT2D eigenvalue weighted by molar-refractivity contribution is 5.56. The normalized spacial score (nSPS) is 11.9. The zero-order valence-corrected chi connectivity index (χ0v) is 14.0. The van der Waals surface area contributed by atoms with Crippen LogP contribution in [0.4, 0.5) is 0 Å². The summed E-state index contributed by atoms with van der Waals surface area (Å²) in [5.41, 5.74) is 5.89. The maximum absolute atomic E-state index is 5.89. The Morgan fingerprint density at radius 2 is 1.70 bits per heavy atom. The lowest BCUT2D eigenvalue weighted by atomic mass is 10.2. The van der Waals surface area contributed by atoms with Crippen LogP contribution in [0.25, 0.3) is 0 Å². The molecular formula is C15H22N4O4. The summed E-state index contributed by atoms with van der Waals surface area (Å²) >= 11 is 0. The van der Waals surface area contributed by atoms with Crippen molar-refractivity contribution in [3.63, 3.8) is 0 Å². The van der Waals surface area contributed by atoms with E-state index in [0.29, 0.717) is 41.4 Å². The number of aromatic nitrogens is 3. The summed E-state index contributed by atoms with van der Waals surface area (Å²) in [5, 5.41) is 8.13. The molecule has 126 valence electrons. The summed E-state index contributed by atoms with van der Waals surface area (Å²) in [6.45, 7) is 4.46. The molecule has 2 rings (SSSR count). The molecule has 0 fully saturated rings. The topological polar surface area (TPSA) is 93.7 Å². The fraction of sp³-hybridized carbons (Fsp3) is 0.467. The lowest BCUT2D eigenvalue weighted by Gasteiger charge is -2.14. The Morgan fingerprint density at radius 3 is 2.13 bits per heavy atom. The zero-order chi connectivity index (χ0) is 17.0. The van der Waals surface area contributed by atoms with E-state index in [-0.39, 0.29) is 6.04 Å². The third kappa shape index (κ3) is 3.31. The summed E-state index contributed by atoms with van der Waals surface area (Å²) in [6, 6.07) is 3.51. The number of ether oxygens (including phenoxy) is 4. The highest BCUT2D eigenvalue weighted by atomic mass is 16.5. The van der Waals surface area contributed by atoms with Gasteiger partial charge in [0, 0.05) is 18.7 Å². The highest BCUT2D eigenvalue weighted by Gasteiger charge is 2.18. The van der Waals surface area contributed by atoms with Gasteiger partial charge in [-0.1, -0.05) is 5.10 Å². The van der Waals surface area contributed by atoms with Crippen LogP contribution in [0.2, 0.25) is 0 Å². The first-order chi connectivity index (χ1) is 11.0. The molecule has 1 aromatic carbocycles. The first-order valence-corrected chi connectivity index (χ1v) is 7.22. The molecule has 0 spiro atoms. The van der Waals surface area contributed by atoms with E-state index in [9.17, 15) is 0 Å².